The SMILES string of the molecule is COc1ccc(C(=O)N2CCN(c3cc(Cl)nc(SCC(=O)N4CCCCC4)n3)CC2C)cc1. The number of anilines is 1. The molecule has 2 amide bonds. The predicted molar refractivity (Wildman–Crippen MR) is 134 cm³/mol. The molecule has 2 aliphatic heterocycles. The second kappa shape index (κ2) is 11.3. The molecule has 2 aliphatic rings. The van der Waals surface area contributed by atoms with Crippen molar-refractivity contribution in [1.82, 2.24) is 19.8 Å². The second-order valence-corrected chi connectivity index (χ2v) is 9.91. The third-order valence-electron chi connectivity index (χ3n) is 6.24. The topological polar surface area (TPSA) is 78.9 Å². The van der Waals surface area contributed by atoms with Crippen LogP contribution in [0, 0.1) is 0 Å². The van der Waals surface area contributed by atoms with Crippen LogP contribution in [-0.4, -0.2) is 83.2 Å². The average molecular weight is 504 g/mol. The third-order valence-corrected chi connectivity index (χ3v) is 7.27. The normalized spacial score (nSPS) is 18.7. The summed E-state index contributed by atoms with van der Waals surface area (Å²) < 4.78 is 5.18. The Hall–Kier alpha value is -2.52. The zero-order chi connectivity index (χ0) is 24.1. The van der Waals surface area contributed by atoms with Gasteiger partial charge in [0.05, 0.1) is 12.9 Å². The Morgan fingerprint density at radius 3 is 2.50 bits per heavy atom. The number of benzene rings is 1. The lowest BCUT2D eigenvalue weighted by molar-refractivity contribution is -0.129. The van der Waals surface area contributed by atoms with Crippen LogP contribution in [0.3, 0.4) is 0 Å². The lowest BCUT2D eigenvalue weighted by atomic mass is 10.1. The maximum Gasteiger partial charge on any atom is 0.254 e. The van der Waals surface area contributed by atoms with E-state index in [1.54, 1.807) is 37.4 Å². The molecular weight excluding hydrogens is 474 g/mol. The first-order valence-corrected chi connectivity index (χ1v) is 13.0. The molecule has 1 atom stereocenters. The molecule has 0 saturated carbocycles. The third kappa shape index (κ3) is 5.93. The highest BCUT2D eigenvalue weighted by Gasteiger charge is 2.29. The molecule has 0 spiro atoms. The summed E-state index contributed by atoms with van der Waals surface area (Å²) in [6.07, 6.45) is 3.33. The number of carbonyl (C=O) groups is 2. The van der Waals surface area contributed by atoms with Gasteiger partial charge in [-0.3, -0.25) is 9.59 Å². The Balaban J connectivity index is 1.37. The Morgan fingerprint density at radius 2 is 1.82 bits per heavy atom. The van der Waals surface area contributed by atoms with Gasteiger partial charge in [-0.15, -0.1) is 0 Å². The quantitative estimate of drug-likeness (QED) is 0.338. The molecule has 0 N–H and O–H groups in total. The largest absolute Gasteiger partial charge is 0.497 e. The maximum atomic E-state index is 13.0. The highest BCUT2D eigenvalue weighted by molar-refractivity contribution is 7.99. The van der Waals surface area contributed by atoms with Gasteiger partial charge in [0.15, 0.2) is 5.16 Å². The van der Waals surface area contributed by atoms with Crippen LogP contribution in [0.25, 0.3) is 0 Å². The van der Waals surface area contributed by atoms with Gasteiger partial charge < -0.3 is 19.4 Å². The first-order valence-electron chi connectivity index (χ1n) is 11.6. The Morgan fingerprint density at radius 1 is 1.09 bits per heavy atom. The number of rotatable bonds is 6. The van der Waals surface area contributed by atoms with E-state index in [2.05, 4.69) is 14.9 Å². The van der Waals surface area contributed by atoms with Gasteiger partial charge in [0.1, 0.15) is 16.7 Å². The molecular formula is C24H30ClN5O3S. The summed E-state index contributed by atoms with van der Waals surface area (Å²) in [5, 5.41) is 0.847. The zero-order valence-corrected chi connectivity index (χ0v) is 21.1. The van der Waals surface area contributed by atoms with Crippen molar-refractivity contribution in [2.75, 3.05) is 50.5 Å². The number of hydrogen-bond donors (Lipinski definition) is 0. The summed E-state index contributed by atoms with van der Waals surface area (Å²) in [6, 6.07) is 8.91. The smallest absolute Gasteiger partial charge is 0.254 e. The van der Waals surface area contributed by atoms with E-state index in [0.717, 1.165) is 37.5 Å². The van der Waals surface area contributed by atoms with E-state index >= 15 is 0 Å². The molecule has 182 valence electrons. The zero-order valence-electron chi connectivity index (χ0n) is 19.6. The molecule has 1 aromatic carbocycles. The van der Waals surface area contributed by atoms with Crippen molar-refractivity contribution < 1.29 is 14.3 Å². The summed E-state index contributed by atoms with van der Waals surface area (Å²) in [5.74, 6) is 1.87. The van der Waals surface area contributed by atoms with Crippen molar-refractivity contribution in [3.63, 3.8) is 0 Å². The molecule has 3 heterocycles. The highest BCUT2D eigenvalue weighted by Crippen LogP contribution is 2.25. The molecule has 0 bridgehead atoms. The van der Waals surface area contributed by atoms with Crippen LogP contribution >= 0.6 is 23.4 Å². The standard InChI is InChI=1S/C24H30ClN5O3S/c1-17-15-29(12-13-30(17)23(32)18-6-8-19(33-2)9-7-18)21-14-20(25)26-24(27-21)34-16-22(31)28-10-4-3-5-11-28/h6-9,14,17H,3-5,10-13,15-16H2,1-2H3. The maximum absolute atomic E-state index is 13.0. The van der Waals surface area contributed by atoms with Crippen molar-refractivity contribution in [3.05, 3.63) is 41.0 Å². The summed E-state index contributed by atoms with van der Waals surface area (Å²) in [7, 11) is 1.61. The molecule has 4 rings (SSSR count). The number of thioether (sulfide) groups is 1. The molecule has 2 fully saturated rings. The lowest BCUT2D eigenvalue weighted by Gasteiger charge is -2.40. The fraction of sp³-hybridized carbons (Fsp3) is 0.500. The number of amides is 2. The molecule has 8 nitrogen and oxygen atoms in total. The van der Waals surface area contributed by atoms with Crippen LogP contribution in [0.4, 0.5) is 5.82 Å². The number of carbonyl (C=O) groups excluding carboxylic acids is 2. The fourth-order valence-corrected chi connectivity index (χ4v) is 5.32. The Labute approximate surface area is 209 Å². The number of aromatic nitrogens is 2. The van der Waals surface area contributed by atoms with E-state index in [4.69, 9.17) is 16.3 Å². The van der Waals surface area contributed by atoms with Crippen molar-refractivity contribution in [2.24, 2.45) is 0 Å². The van der Waals surface area contributed by atoms with E-state index in [9.17, 15) is 9.59 Å². The first kappa shape index (κ1) is 24.6. The first-order chi connectivity index (χ1) is 16.4. The van der Waals surface area contributed by atoms with Crippen molar-refractivity contribution in [3.8, 4) is 5.75 Å². The van der Waals surface area contributed by atoms with E-state index in [1.807, 2.05) is 16.7 Å². The molecule has 1 aromatic heterocycles. The van der Waals surface area contributed by atoms with Crippen LogP contribution in [0.5, 0.6) is 5.75 Å². The minimum Gasteiger partial charge on any atom is -0.497 e. The van der Waals surface area contributed by atoms with Crippen LogP contribution < -0.4 is 9.64 Å². The van der Waals surface area contributed by atoms with Gasteiger partial charge >= 0.3 is 0 Å². The summed E-state index contributed by atoms with van der Waals surface area (Å²) in [6.45, 7) is 5.53. The van der Waals surface area contributed by atoms with E-state index < -0.39 is 0 Å². The number of ether oxygens (including phenoxy) is 1. The summed E-state index contributed by atoms with van der Waals surface area (Å²) in [4.78, 5) is 40.4. The van der Waals surface area contributed by atoms with Gasteiger partial charge in [-0.1, -0.05) is 23.4 Å². The minimum atomic E-state index is -0.00567. The van der Waals surface area contributed by atoms with Gasteiger partial charge in [0, 0.05) is 50.4 Å². The molecule has 0 radical (unpaired) electrons. The molecule has 34 heavy (non-hydrogen) atoms. The predicted octanol–water partition coefficient (Wildman–Crippen LogP) is 3.59. The van der Waals surface area contributed by atoms with E-state index in [-0.39, 0.29) is 17.9 Å². The van der Waals surface area contributed by atoms with Gasteiger partial charge in [-0.25, -0.2) is 9.97 Å². The molecule has 10 heteroatoms. The number of methoxy groups -OCH3 is 1. The number of piperazine rings is 1. The lowest BCUT2D eigenvalue weighted by Crippen LogP contribution is -2.54. The Kier molecular flexibility index (Phi) is 8.15. The van der Waals surface area contributed by atoms with Crippen molar-refractivity contribution >= 4 is 41.0 Å². The van der Waals surface area contributed by atoms with Crippen molar-refractivity contribution in [1.29, 1.82) is 0 Å². The Bertz CT molecular complexity index is 1020. The molecule has 1 unspecified atom stereocenters. The van der Waals surface area contributed by atoms with Gasteiger partial charge in [0.2, 0.25) is 5.91 Å². The van der Waals surface area contributed by atoms with Crippen molar-refractivity contribution in [2.45, 2.75) is 37.4 Å². The number of piperidine rings is 1. The highest BCUT2D eigenvalue weighted by atomic mass is 35.5. The van der Waals surface area contributed by atoms with Gasteiger partial charge in [-0.2, -0.15) is 0 Å². The van der Waals surface area contributed by atoms with Crippen LogP contribution in [0.1, 0.15) is 36.5 Å². The van der Waals surface area contributed by atoms with E-state index in [1.165, 1.54) is 18.2 Å². The summed E-state index contributed by atoms with van der Waals surface area (Å²) >= 11 is 7.61. The minimum absolute atomic E-state index is 0.00277. The molecule has 0 aliphatic carbocycles. The van der Waals surface area contributed by atoms with Crippen LogP contribution in [0.2, 0.25) is 5.15 Å². The van der Waals surface area contributed by atoms with E-state index in [0.29, 0.717) is 41.3 Å². The number of halogens is 1. The fourth-order valence-electron chi connectivity index (χ4n) is 4.34. The molecule has 2 aromatic rings. The number of hydrogen-bond acceptors (Lipinski definition) is 7. The monoisotopic (exact) mass is 503 g/mol. The average Bonchev–Trinajstić information content (AvgIpc) is 2.87. The number of nitrogens with zero attached hydrogens (tertiary/aromatic N) is 5. The van der Waals surface area contributed by atoms with Crippen LogP contribution in [0.15, 0.2) is 35.5 Å². The second-order valence-electron chi connectivity index (χ2n) is 8.58. The van der Waals surface area contributed by atoms with Crippen LogP contribution in [-0.2, 0) is 4.79 Å². The van der Waals surface area contributed by atoms with Gasteiger partial charge in [0.25, 0.3) is 5.91 Å². The summed E-state index contributed by atoms with van der Waals surface area (Å²) in [5.41, 5.74) is 0.642. The molecule has 2 saturated heterocycles. The van der Waals surface area contributed by atoms with Gasteiger partial charge in [-0.05, 0) is 50.5 Å². The number of likely N-dealkylation sites (tertiary alicyclic amines) is 1.